The molecule has 0 aliphatic carbocycles. The van der Waals surface area contributed by atoms with Gasteiger partial charge < -0.3 is 18.9 Å². The van der Waals surface area contributed by atoms with Gasteiger partial charge in [-0.05, 0) is 6.42 Å². The average molecular weight is 174 g/mol. The van der Waals surface area contributed by atoms with E-state index >= 15 is 0 Å². The zero-order valence-corrected chi connectivity index (χ0v) is 7.19. The molecule has 2 rings (SSSR count). The Kier molecular flexibility index (Phi) is 2.60. The second-order valence-electron chi connectivity index (χ2n) is 3.06. The van der Waals surface area contributed by atoms with Crippen LogP contribution in [0.4, 0.5) is 0 Å². The number of rotatable bonds is 1. The Labute approximate surface area is 71.7 Å². The van der Waals surface area contributed by atoms with E-state index in [9.17, 15) is 0 Å². The fourth-order valence-corrected chi connectivity index (χ4v) is 1.64. The van der Waals surface area contributed by atoms with E-state index in [1.54, 1.807) is 0 Å². The van der Waals surface area contributed by atoms with Crippen LogP contribution < -0.4 is 0 Å². The summed E-state index contributed by atoms with van der Waals surface area (Å²) in [7, 11) is 0. The number of fused-ring (bicyclic) bond motifs is 1. The predicted octanol–water partition coefficient (Wildman–Crippen LogP) is 0.511. The van der Waals surface area contributed by atoms with Crippen molar-refractivity contribution in [2.45, 2.75) is 31.7 Å². The summed E-state index contributed by atoms with van der Waals surface area (Å²) >= 11 is 0. The maximum Gasteiger partial charge on any atom is 0.147 e. The van der Waals surface area contributed by atoms with Crippen LogP contribution in [0.25, 0.3) is 0 Å². The average Bonchev–Trinajstić information content (AvgIpc) is 2.17. The molecule has 0 bridgehead atoms. The van der Waals surface area contributed by atoms with Gasteiger partial charge in [0.05, 0.1) is 12.7 Å². The third-order valence-corrected chi connectivity index (χ3v) is 2.33. The van der Waals surface area contributed by atoms with E-state index < -0.39 is 0 Å². The molecule has 3 unspecified atom stereocenters. The summed E-state index contributed by atoms with van der Waals surface area (Å²) in [6.07, 6.45) is 1.27. The van der Waals surface area contributed by atoms with Gasteiger partial charge in [0.25, 0.3) is 0 Å². The minimum absolute atomic E-state index is 0.0671. The minimum Gasteiger partial charge on any atom is -0.353 e. The minimum atomic E-state index is 0.0671. The van der Waals surface area contributed by atoms with E-state index in [2.05, 4.69) is 6.92 Å². The standard InChI is InChI=1S/C8H14O4/c1-2-6-8-7(11-5-10-6)3-9-4-12-8/h6-8H,2-5H2,1H3. The summed E-state index contributed by atoms with van der Waals surface area (Å²) in [5, 5.41) is 0. The van der Waals surface area contributed by atoms with E-state index in [1.165, 1.54) is 0 Å². The highest BCUT2D eigenvalue weighted by Crippen LogP contribution is 2.22. The highest BCUT2D eigenvalue weighted by molar-refractivity contribution is 4.82. The summed E-state index contributed by atoms with van der Waals surface area (Å²) in [6, 6.07) is 0. The fraction of sp³-hybridized carbons (Fsp3) is 1.00. The lowest BCUT2D eigenvalue weighted by Crippen LogP contribution is -2.52. The van der Waals surface area contributed by atoms with Crippen molar-refractivity contribution in [3.8, 4) is 0 Å². The molecule has 0 amide bonds. The molecule has 12 heavy (non-hydrogen) atoms. The van der Waals surface area contributed by atoms with Crippen molar-refractivity contribution in [2.24, 2.45) is 0 Å². The summed E-state index contributed by atoms with van der Waals surface area (Å²) in [5.74, 6) is 0. The Morgan fingerprint density at radius 2 is 2.08 bits per heavy atom. The molecule has 0 spiro atoms. The van der Waals surface area contributed by atoms with Crippen LogP contribution in [0.1, 0.15) is 13.3 Å². The molecule has 2 saturated heterocycles. The van der Waals surface area contributed by atoms with Crippen LogP contribution in [0.5, 0.6) is 0 Å². The SMILES string of the molecule is CCC1OCOC2COCOC12. The highest BCUT2D eigenvalue weighted by atomic mass is 16.7. The van der Waals surface area contributed by atoms with E-state index in [4.69, 9.17) is 18.9 Å². The van der Waals surface area contributed by atoms with Gasteiger partial charge in [0.1, 0.15) is 25.8 Å². The van der Waals surface area contributed by atoms with Gasteiger partial charge in [0.2, 0.25) is 0 Å². The summed E-state index contributed by atoms with van der Waals surface area (Å²) in [6.45, 7) is 3.45. The van der Waals surface area contributed by atoms with Crippen molar-refractivity contribution in [3.05, 3.63) is 0 Å². The number of hydrogen-bond donors (Lipinski definition) is 0. The molecule has 3 atom stereocenters. The molecule has 0 aromatic rings. The molecule has 2 heterocycles. The lowest BCUT2D eigenvalue weighted by atomic mass is 10.0. The summed E-state index contributed by atoms with van der Waals surface area (Å²) < 4.78 is 21.3. The highest BCUT2D eigenvalue weighted by Gasteiger charge is 2.37. The van der Waals surface area contributed by atoms with E-state index in [0.717, 1.165) is 6.42 Å². The first-order valence-corrected chi connectivity index (χ1v) is 4.34. The zero-order chi connectivity index (χ0) is 8.39. The van der Waals surface area contributed by atoms with Crippen LogP contribution in [0, 0.1) is 0 Å². The van der Waals surface area contributed by atoms with Crippen LogP contribution in [0.15, 0.2) is 0 Å². The first kappa shape index (κ1) is 8.44. The van der Waals surface area contributed by atoms with Gasteiger partial charge >= 0.3 is 0 Å². The molecule has 0 aromatic carbocycles. The lowest BCUT2D eigenvalue weighted by molar-refractivity contribution is -0.301. The second-order valence-corrected chi connectivity index (χ2v) is 3.06. The van der Waals surface area contributed by atoms with Gasteiger partial charge in [0.15, 0.2) is 0 Å². The smallest absolute Gasteiger partial charge is 0.147 e. The van der Waals surface area contributed by atoms with Crippen LogP contribution in [0.2, 0.25) is 0 Å². The molecule has 70 valence electrons. The normalized spacial score (nSPS) is 42.2. The van der Waals surface area contributed by atoms with Gasteiger partial charge in [-0.1, -0.05) is 6.92 Å². The molecule has 2 aliphatic rings. The van der Waals surface area contributed by atoms with Gasteiger partial charge in [-0.25, -0.2) is 0 Å². The summed E-state index contributed by atoms with van der Waals surface area (Å²) in [4.78, 5) is 0. The van der Waals surface area contributed by atoms with Crippen molar-refractivity contribution >= 4 is 0 Å². The van der Waals surface area contributed by atoms with E-state index in [-0.39, 0.29) is 18.3 Å². The van der Waals surface area contributed by atoms with Gasteiger partial charge in [0, 0.05) is 0 Å². The molecular weight excluding hydrogens is 160 g/mol. The monoisotopic (exact) mass is 174 g/mol. The zero-order valence-electron chi connectivity index (χ0n) is 7.19. The Morgan fingerprint density at radius 1 is 1.17 bits per heavy atom. The Morgan fingerprint density at radius 3 is 2.92 bits per heavy atom. The quantitative estimate of drug-likeness (QED) is 0.580. The molecule has 4 heteroatoms. The van der Waals surface area contributed by atoms with Crippen molar-refractivity contribution in [1.82, 2.24) is 0 Å². The Hall–Kier alpha value is -0.160. The maximum atomic E-state index is 5.41. The van der Waals surface area contributed by atoms with Crippen LogP contribution >= 0.6 is 0 Å². The van der Waals surface area contributed by atoms with Crippen molar-refractivity contribution in [2.75, 3.05) is 20.2 Å². The van der Waals surface area contributed by atoms with Crippen molar-refractivity contribution in [1.29, 1.82) is 0 Å². The third kappa shape index (κ3) is 1.47. The van der Waals surface area contributed by atoms with Crippen molar-refractivity contribution in [3.63, 3.8) is 0 Å². The Bertz CT molecular complexity index is 141. The molecule has 2 fully saturated rings. The van der Waals surface area contributed by atoms with E-state index in [0.29, 0.717) is 20.2 Å². The number of hydrogen-bond acceptors (Lipinski definition) is 4. The maximum absolute atomic E-state index is 5.41. The predicted molar refractivity (Wildman–Crippen MR) is 40.6 cm³/mol. The van der Waals surface area contributed by atoms with E-state index in [1.807, 2.05) is 0 Å². The topological polar surface area (TPSA) is 36.9 Å². The Balaban J connectivity index is 1.99. The molecule has 2 aliphatic heterocycles. The van der Waals surface area contributed by atoms with Gasteiger partial charge in [-0.3, -0.25) is 0 Å². The summed E-state index contributed by atoms with van der Waals surface area (Å²) in [5.41, 5.74) is 0. The van der Waals surface area contributed by atoms with Crippen LogP contribution in [-0.2, 0) is 18.9 Å². The second kappa shape index (κ2) is 3.70. The lowest BCUT2D eigenvalue weighted by Gasteiger charge is -2.39. The van der Waals surface area contributed by atoms with Gasteiger partial charge in [-0.2, -0.15) is 0 Å². The van der Waals surface area contributed by atoms with Crippen LogP contribution in [0.3, 0.4) is 0 Å². The van der Waals surface area contributed by atoms with Gasteiger partial charge in [-0.15, -0.1) is 0 Å². The number of ether oxygens (including phenoxy) is 4. The fourth-order valence-electron chi connectivity index (χ4n) is 1.64. The molecule has 0 saturated carbocycles. The first-order chi connectivity index (χ1) is 5.92. The molecule has 4 nitrogen and oxygen atoms in total. The first-order valence-electron chi connectivity index (χ1n) is 4.34. The van der Waals surface area contributed by atoms with Crippen molar-refractivity contribution < 1.29 is 18.9 Å². The molecule has 0 aromatic heterocycles. The largest absolute Gasteiger partial charge is 0.353 e. The molecular formula is C8H14O4. The third-order valence-electron chi connectivity index (χ3n) is 2.33. The van der Waals surface area contributed by atoms with Crippen LogP contribution in [-0.4, -0.2) is 38.5 Å². The molecule has 0 N–H and O–H groups in total. The molecule has 0 radical (unpaired) electrons.